The second kappa shape index (κ2) is 5.54. The van der Waals surface area contributed by atoms with Gasteiger partial charge in [0.2, 0.25) is 0 Å². The zero-order valence-corrected chi connectivity index (χ0v) is 13.9. The van der Waals surface area contributed by atoms with Crippen LogP contribution in [0, 0.1) is 0 Å². The molecule has 0 spiro atoms. The molecule has 0 fully saturated rings. The van der Waals surface area contributed by atoms with Gasteiger partial charge >= 0.3 is 0 Å². The van der Waals surface area contributed by atoms with Crippen molar-refractivity contribution in [3.8, 4) is 11.3 Å². The number of aromatic nitrogens is 3. The summed E-state index contributed by atoms with van der Waals surface area (Å²) in [6, 6.07) is 9.64. The molecule has 0 saturated carbocycles. The first-order chi connectivity index (χ1) is 12.0. The van der Waals surface area contributed by atoms with Crippen LogP contribution in [0.2, 0.25) is 0 Å². The Morgan fingerprint density at radius 1 is 1.20 bits per heavy atom. The molecule has 0 amide bonds. The lowest BCUT2D eigenvalue weighted by molar-refractivity contribution is 0.460. The van der Waals surface area contributed by atoms with E-state index < -0.39 is 11.6 Å². The zero-order chi connectivity index (χ0) is 17.6. The molecule has 2 unspecified atom stereocenters. The minimum absolute atomic E-state index is 0.442. The standard InChI is InChI=1S/C19H20N6/c1-25-11-14(13-4-2-3-5-16(13)25)15-8-9-23-18(24-15)19(22)10-12(20)6-7-17(19)21/h2-11,17H,20-22H2,1H3. The van der Waals surface area contributed by atoms with E-state index in [2.05, 4.69) is 27.9 Å². The Bertz CT molecular complexity index is 1020. The summed E-state index contributed by atoms with van der Waals surface area (Å²) in [5.74, 6) is 0.456. The highest BCUT2D eigenvalue weighted by atomic mass is 15.0. The van der Waals surface area contributed by atoms with Crippen molar-refractivity contribution in [3.05, 3.63) is 72.5 Å². The van der Waals surface area contributed by atoms with E-state index in [4.69, 9.17) is 22.2 Å². The number of benzene rings is 1. The number of rotatable bonds is 2. The van der Waals surface area contributed by atoms with Crippen molar-refractivity contribution in [1.29, 1.82) is 0 Å². The Kier molecular flexibility index (Phi) is 3.45. The molecule has 6 N–H and O–H groups in total. The van der Waals surface area contributed by atoms with E-state index in [0.717, 1.165) is 22.2 Å². The van der Waals surface area contributed by atoms with E-state index in [1.165, 1.54) is 0 Å². The molecule has 0 saturated heterocycles. The highest BCUT2D eigenvalue weighted by Crippen LogP contribution is 2.31. The van der Waals surface area contributed by atoms with Crippen LogP contribution in [0.25, 0.3) is 22.2 Å². The molecule has 0 aliphatic heterocycles. The van der Waals surface area contributed by atoms with Crippen molar-refractivity contribution < 1.29 is 0 Å². The van der Waals surface area contributed by atoms with Crippen LogP contribution in [0.15, 0.2) is 66.7 Å². The Hall–Kier alpha value is -2.96. The van der Waals surface area contributed by atoms with Gasteiger partial charge in [-0.25, -0.2) is 9.97 Å². The molecule has 126 valence electrons. The van der Waals surface area contributed by atoms with Crippen LogP contribution in [0.3, 0.4) is 0 Å². The van der Waals surface area contributed by atoms with Crippen molar-refractivity contribution in [1.82, 2.24) is 14.5 Å². The predicted molar refractivity (Wildman–Crippen MR) is 99.2 cm³/mol. The molecule has 6 heteroatoms. The van der Waals surface area contributed by atoms with Crippen molar-refractivity contribution in [2.75, 3.05) is 0 Å². The van der Waals surface area contributed by atoms with Gasteiger partial charge in [-0.1, -0.05) is 24.3 Å². The van der Waals surface area contributed by atoms with Crippen LogP contribution in [0.4, 0.5) is 0 Å². The van der Waals surface area contributed by atoms with Gasteiger partial charge in [-0.05, 0) is 24.3 Å². The van der Waals surface area contributed by atoms with Gasteiger partial charge in [0.05, 0.1) is 11.7 Å². The molecule has 0 bridgehead atoms. The number of fused-ring (bicyclic) bond motifs is 1. The zero-order valence-electron chi connectivity index (χ0n) is 13.9. The predicted octanol–water partition coefficient (Wildman–Crippen LogP) is 1.53. The molecule has 4 rings (SSSR count). The second-order valence-corrected chi connectivity index (χ2v) is 6.40. The van der Waals surface area contributed by atoms with E-state index in [0.29, 0.717) is 11.5 Å². The topological polar surface area (TPSA) is 109 Å². The molecule has 2 atom stereocenters. The number of hydrogen-bond acceptors (Lipinski definition) is 5. The van der Waals surface area contributed by atoms with Crippen LogP contribution >= 0.6 is 0 Å². The monoisotopic (exact) mass is 332 g/mol. The molecule has 2 heterocycles. The van der Waals surface area contributed by atoms with Crippen molar-refractivity contribution in [3.63, 3.8) is 0 Å². The SMILES string of the molecule is Cn1cc(-c2ccnc(C3(N)C=C(N)C=CC3N)n2)c2ccccc21. The fraction of sp³-hybridized carbons (Fsp3) is 0.158. The van der Waals surface area contributed by atoms with E-state index >= 15 is 0 Å². The summed E-state index contributed by atoms with van der Waals surface area (Å²) in [5, 5.41) is 1.13. The van der Waals surface area contributed by atoms with Crippen LogP contribution in [0.5, 0.6) is 0 Å². The van der Waals surface area contributed by atoms with E-state index in [-0.39, 0.29) is 0 Å². The quantitative estimate of drug-likeness (QED) is 0.659. The summed E-state index contributed by atoms with van der Waals surface area (Å²) < 4.78 is 2.08. The van der Waals surface area contributed by atoms with Gasteiger partial charge in [-0.3, -0.25) is 0 Å². The third-order valence-corrected chi connectivity index (χ3v) is 4.67. The first-order valence-electron chi connectivity index (χ1n) is 8.08. The second-order valence-electron chi connectivity index (χ2n) is 6.40. The van der Waals surface area contributed by atoms with Crippen molar-refractivity contribution >= 4 is 10.9 Å². The molecule has 0 radical (unpaired) electrons. The maximum atomic E-state index is 6.52. The molecular formula is C19H20N6. The van der Waals surface area contributed by atoms with Gasteiger partial charge in [-0.2, -0.15) is 0 Å². The fourth-order valence-electron chi connectivity index (χ4n) is 3.27. The van der Waals surface area contributed by atoms with Gasteiger partial charge in [0.1, 0.15) is 5.54 Å². The molecule has 25 heavy (non-hydrogen) atoms. The summed E-state index contributed by atoms with van der Waals surface area (Å²) >= 11 is 0. The van der Waals surface area contributed by atoms with Crippen LogP contribution in [-0.4, -0.2) is 20.6 Å². The summed E-state index contributed by atoms with van der Waals surface area (Å²) in [6.07, 6.45) is 9.03. The number of nitrogens with two attached hydrogens (primary N) is 3. The van der Waals surface area contributed by atoms with Crippen LogP contribution in [-0.2, 0) is 12.6 Å². The smallest absolute Gasteiger partial charge is 0.154 e. The van der Waals surface area contributed by atoms with Gasteiger partial charge in [-0.15, -0.1) is 0 Å². The van der Waals surface area contributed by atoms with Gasteiger partial charge < -0.3 is 21.8 Å². The van der Waals surface area contributed by atoms with Crippen molar-refractivity contribution in [2.24, 2.45) is 24.2 Å². The maximum absolute atomic E-state index is 6.52. The molecular weight excluding hydrogens is 312 g/mol. The Labute approximate surface area is 145 Å². The van der Waals surface area contributed by atoms with E-state index in [1.807, 2.05) is 25.2 Å². The lowest BCUT2D eigenvalue weighted by atomic mass is 9.85. The molecule has 6 nitrogen and oxygen atoms in total. The Morgan fingerprint density at radius 3 is 2.84 bits per heavy atom. The molecule has 1 aromatic carbocycles. The highest BCUT2D eigenvalue weighted by molar-refractivity contribution is 5.95. The normalized spacial score (nSPS) is 23.0. The third-order valence-electron chi connectivity index (χ3n) is 4.67. The van der Waals surface area contributed by atoms with Crippen LogP contribution in [0.1, 0.15) is 5.82 Å². The van der Waals surface area contributed by atoms with Crippen LogP contribution < -0.4 is 17.2 Å². The summed E-state index contributed by atoms with van der Waals surface area (Å²) in [7, 11) is 2.02. The first-order valence-corrected chi connectivity index (χ1v) is 8.08. The maximum Gasteiger partial charge on any atom is 0.154 e. The van der Waals surface area contributed by atoms with E-state index in [1.54, 1.807) is 24.4 Å². The molecule has 2 aromatic heterocycles. The molecule has 1 aliphatic carbocycles. The Balaban J connectivity index is 1.87. The molecule has 3 aromatic rings. The largest absolute Gasteiger partial charge is 0.399 e. The number of hydrogen-bond donors (Lipinski definition) is 3. The Morgan fingerprint density at radius 2 is 2.00 bits per heavy atom. The van der Waals surface area contributed by atoms with Gasteiger partial charge in [0, 0.05) is 41.6 Å². The van der Waals surface area contributed by atoms with E-state index in [9.17, 15) is 0 Å². The average molecular weight is 332 g/mol. The fourth-order valence-corrected chi connectivity index (χ4v) is 3.27. The van der Waals surface area contributed by atoms with Gasteiger partial charge in [0.25, 0.3) is 0 Å². The third kappa shape index (κ3) is 2.43. The number of aryl methyl sites for hydroxylation is 1. The lowest BCUT2D eigenvalue weighted by Gasteiger charge is -2.31. The minimum Gasteiger partial charge on any atom is -0.399 e. The summed E-state index contributed by atoms with van der Waals surface area (Å²) in [6.45, 7) is 0. The van der Waals surface area contributed by atoms with Crippen molar-refractivity contribution in [2.45, 2.75) is 11.6 Å². The number of nitrogens with zero attached hydrogens (tertiary/aromatic N) is 3. The highest BCUT2D eigenvalue weighted by Gasteiger charge is 2.36. The minimum atomic E-state index is -1.03. The number of allylic oxidation sites excluding steroid dienone is 1. The summed E-state index contributed by atoms with van der Waals surface area (Å²) in [4.78, 5) is 9.10. The first kappa shape index (κ1) is 15.6. The average Bonchev–Trinajstić information content (AvgIpc) is 2.96. The summed E-state index contributed by atoms with van der Waals surface area (Å²) in [5.41, 5.74) is 21.1. The molecule has 1 aliphatic rings. The number of para-hydroxylation sites is 1. The van der Waals surface area contributed by atoms with Gasteiger partial charge in [0.15, 0.2) is 5.82 Å². The lowest BCUT2D eigenvalue weighted by Crippen LogP contribution is -2.53.